The highest BCUT2D eigenvalue weighted by molar-refractivity contribution is 9.10. The largest absolute Gasteiger partial charge is 0.493 e. The van der Waals surface area contributed by atoms with Gasteiger partial charge in [-0.15, -0.1) is 0 Å². The maximum atomic E-state index is 12.1. The highest BCUT2D eigenvalue weighted by Gasteiger charge is 2.15. The molecule has 1 N–H and O–H groups in total. The highest BCUT2D eigenvalue weighted by Crippen LogP contribution is 2.32. The molecule has 3 rings (SSSR count). The van der Waals surface area contributed by atoms with Crippen LogP contribution in [0.4, 0.5) is 0 Å². The third-order valence-corrected chi connectivity index (χ3v) is 4.18. The van der Waals surface area contributed by atoms with Gasteiger partial charge in [0.05, 0.1) is 25.3 Å². The predicted molar refractivity (Wildman–Crippen MR) is 93.1 cm³/mol. The first-order valence-corrected chi connectivity index (χ1v) is 8.22. The van der Waals surface area contributed by atoms with E-state index in [1.54, 1.807) is 6.20 Å². The second kappa shape index (κ2) is 6.96. The number of fused-ring (bicyclic) bond motifs is 1. The number of hydrogen-bond acceptors (Lipinski definition) is 3. The predicted octanol–water partition coefficient (Wildman–Crippen LogP) is 3.50. The molecule has 1 amide bonds. The molecular weight excluding hydrogens is 356 g/mol. The molecule has 23 heavy (non-hydrogen) atoms. The maximum absolute atomic E-state index is 12.1. The van der Waals surface area contributed by atoms with E-state index in [-0.39, 0.29) is 5.91 Å². The number of ether oxygens (including phenoxy) is 1. The molecule has 0 radical (unpaired) electrons. The number of carbonyl (C=O) groups is 1. The Morgan fingerprint density at radius 1 is 1.35 bits per heavy atom. The molecule has 0 atom stereocenters. The Bertz CT molecular complexity index is 741. The second-order valence-corrected chi connectivity index (χ2v) is 6.37. The van der Waals surface area contributed by atoms with Crippen LogP contribution in [0.5, 0.6) is 5.75 Å². The minimum Gasteiger partial charge on any atom is -0.493 e. The van der Waals surface area contributed by atoms with Gasteiger partial charge in [-0.3, -0.25) is 9.78 Å². The molecule has 1 aromatic carbocycles. The SMILES string of the molecule is C=C1CCOc2cc(CC(=O)NCc3ccc(Br)cn3)ccc21. The minimum atomic E-state index is -0.0377. The lowest BCUT2D eigenvalue weighted by Crippen LogP contribution is -2.25. The van der Waals surface area contributed by atoms with Gasteiger partial charge in [0.1, 0.15) is 5.75 Å². The van der Waals surface area contributed by atoms with Crippen molar-refractivity contribution in [2.24, 2.45) is 0 Å². The molecule has 1 aromatic heterocycles. The third-order valence-electron chi connectivity index (χ3n) is 3.71. The second-order valence-electron chi connectivity index (χ2n) is 5.45. The van der Waals surface area contributed by atoms with Crippen LogP contribution in [-0.4, -0.2) is 17.5 Å². The number of carbonyl (C=O) groups excluding carboxylic acids is 1. The fourth-order valence-corrected chi connectivity index (χ4v) is 2.69. The van der Waals surface area contributed by atoms with E-state index in [0.717, 1.165) is 39.0 Å². The molecule has 0 unspecified atom stereocenters. The van der Waals surface area contributed by atoms with Crippen LogP contribution in [0.3, 0.4) is 0 Å². The number of nitrogens with zero attached hydrogens (tertiary/aromatic N) is 1. The molecule has 0 saturated carbocycles. The van der Waals surface area contributed by atoms with E-state index in [0.29, 0.717) is 19.6 Å². The van der Waals surface area contributed by atoms with Gasteiger partial charge in [0.25, 0.3) is 0 Å². The van der Waals surface area contributed by atoms with Crippen LogP contribution in [0.25, 0.3) is 5.57 Å². The molecule has 2 aromatic rings. The van der Waals surface area contributed by atoms with E-state index in [9.17, 15) is 4.79 Å². The summed E-state index contributed by atoms with van der Waals surface area (Å²) in [6.07, 6.45) is 2.89. The van der Waals surface area contributed by atoms with Crippen molar-refractivity contribution >= 4 is 27.4 Å². The van der Waals surface area contributed by atoms with E-state index in [4.69, 9.17) is 4.74 Å². The van der Waals surface area contributed by atoms with Crippen LogP contribution in [-0.2, 0) is 17.8 Å². The summed E-state index contributed by atoms with van der Waals surface area (Å²) < 4.78 is 6.57. The Kier molecular flexibility index (Phi) is 4.76. The lowest BCUT2D eigenvalue weighted by atomic mass is 9.99. The van der Waals surface area contributed by atoms with Crippen molar-refractivity contribution in [3.63, 3.8) is 0 Å². The van der Waals surface area contributed by atoms with Crippen molar-refractivity contribution < 1.29 is 9.53 Å². The Morgan fingerprint density at radius 2 is 2.22 bits per heavy atom. The van der Waals surface area contributed by atoms with Crippen LogP contribution >= 0.6 is 15.9 Å². The number of pyridine rings is 1. The van der Waals surface area contributed by atoms with E-state index in [1.807, 2.05) is 30.3 Å². The Labute approximate surface area is 143 Å². The van der Waals surface area contributed by atoms with Crippen molar-refractivity contribution in [2.75, 3.05) is 6.61 Å². The van der Waals surface area contributed by atoms with Gasteiger partial charge in [0.2, 0.25) is 5.91 Å². The van der Waals surface area contributed by atoms with E-state index >= 15 is 0 Å². The molecule has 1 aliphatic heterocycles. The lowest BCUT2D eigenvalue weighted by molar-refractivity contribution is -0.120. The first-order valence-electron chi connectivity index (χ1n) is 7.43. The average Bonchev–Trinajstić information content (AvgIpc) is 2.54. The topological polar surface area (TPSA) is 51.2 Å². The zero-order valence-corrected chi connectivity index (χ0v) is 14.2. The quantitative estimate of drug-likeness (QED) is 0.893. The summed E-state index contributed by atoms with van der Waals surface area (Å²) in [5.74, 6) is 0.783. The van der Waals surface area contributed by atoms with Crippen molar-refractivity contribution in [2.45, 2.75) is 19.4 Å². The van der Waals surface area contributed by atoms with Crippen molar-refractivity contribution in [1.29, 1.82) is 0 Å². The normalized spacial score (nSPS) is 13.2. The highest BCUT2D eigenvalue weighted by atomic mass is 79.9. The van der Waals surface area contributed by atoms with Crippen molar-refractivity contribution in [3.05, 3.63) is 64.4 Å². The number of aromatic nitrogens is 1. The van der Waals surface area contributed by atoms with Gasteiger partial charge in [-0.05, 0) is 45.3 Å². The van der Waals surface area contributed by atoms with Gasteiger partial charge in [-0.1, -0.05) is 18.7 Å². The molecule has 2 heterocycles. The summed E-state index contributed by atoms with van der Waals surface area (Å²) in [6.45, 7) is 5.12. The first-order chi connectivity index (χ1) is 11.1. The molecule has 118 valence electrons. The van der Waals surface area contributed by atoms with Crippen LogP contribution in [0.2, 0.25) is 0 Å². The zero-order chi connectivity index (χ0) is 16.2. The smallest absolute Gasteiger partial charge is 0.224 e. The number of rotatable bonds is 4. The van der Waals surface area contributed by atoms with Gasteiger partial charge in [0, 0.05) is 22.7 Å². The van der Waals surface area contributed by atoms with Gasteiger partial charge < -0.3 is 10.1 Å². The van der Waals surface area contributed by atoms with Crippen molar-refractivity contribution in [1.82, 2.24) is 10.3 Å². The van der Waals surface area contributed by atoms with Crippen LogP contribution in [0.1, 0.15) is 23.2 Å². The van der Waals surface area contributed by atoms with Crippen molar-refractivity contribution in [3.8, 4) is 5.75 Å². The molecule has 1 aliphatic rings. The van der Waals surface area contributed by atoms with Gasteiger partial charge >= 0.3 is 0 Å². The summed E-state index contributed by atoms with van der Waals surface area (Å²) in [5.41, 5.74) is 3.88. The van der Waals surface area contributed by atoms with E-state index in [1.165, 1.54) is 0 Å². The lowest BCUT2D eigenvalue weighted by Gasteiger charge is -2.20. The fraction of sp³-hybridized carbons (Fsp3) is 0.222. The Morgan fingerprint density at radius 3 is 3.00 bits per heavy atom. The molecule has 0 saturated heterocycles. The van der Waals surface area contributed by atoms with Gasteiger partial charge in [-0.2, -0.15) is 0 Å². The molecule has 0 aliphatic carbocycles. The molecular formula is C18H17BrN2O2. The number of halogens is 1. The molecule has 5 heteroatoms. The fourth-order valence-electron chi connectivity index (χ4n) is 2.46. The standard InChI is InChI=1S/C18H17BrN2O2/c1-12-6-7-23-17-8-13(2-5-16(12)17)9-18(22)21-11-15-4-3-14(19)10-20-15/h2-5,8,10H,1,6-7,9,11H2,(H,21,22). The summed E-state index contributed by atoms with van der Waals surface area (Å²) in [7, 11) is 0. The summed E-state index contributed by atoms with van der Waals surface area (Å²) in [4.78, 5) is 16.3. The number of hydrogen-bond donors (Lipinski definition) is 1. The van der Waals surface area contributed by atoms with E-state index in [2.05, 4.69) is 32.8 Å². The van der Waals surface area contributed by atoms with Gasteiger partial charge in [0.15, 0.2) is 0 Å². The molecule has 0 fully saturated rings. The van der Waals surface area contributed by atoms with Crippen LogP contribution < -0.4 is 10.1 Å². The van der Waals surface area contributed by atoms with Crippen LogP contribution in [0.15, 0.2) is 47.6 Å². The summed E-state index contributed by atoms with van der Waals surface area (Å²) in [6, 6.07) is 9.65. The third kappa shape index (κ3) is 3.99. The summed E-state index contributed by atoms with van der Waals surface area (Å²) in [5, 5.41) is 2.88. The molecule has 0 bridgehead atoms. The average molecular weight is 373 g/mol. The minimum absolute atomic E-state index is 0.0377. The molecule has 4 nitrogen and oxygen atoms in total. The monoisotopic (exact) mass is 372 g/mol. The zero-order valence-electron chi connectivity index (χ0n) is 12.6. The van der Waals surface area contributed by atoms with Gasteiger partial charge in [-0.25, -0.2) is 0 Å². The maximum Gasteiger partial charge on any atom is 0.224 e. The first kappa shape index (κ1) is 15.7. The van der Waals surface area contributed by atoms with E-state index < -0.39 is 0 Å². The summed E-state index contributed by atoms with van der Waals surface area (Å²) >= 11 is 3.34. The number of nitrogens with one attached hydrogen (secondary N) is 1. The Balaban J connectivity index is 1.59. The number of amides is 1. The number of benzene rings is 1. The van der Waals surface area contributed by atoms with Crippen LogP contribution in [0, 0.1) is 0 Å². The Hall–Kier alpha value is -2.14. The molecule has 0 spiro atoms.